The van der Waals surface area contributed by atoms with Crippen molar-refractivity contribution in [2.24, 2.45) is 0 Å². The number of rotatable bonds is 6. The highest BCUT2D eigenvalue weighted by Crippen LogP contribution is 2.43. The molecule has 0 heterocycles. The number of sulfonamides is 1. The number of hydrogen-bond acceptors (Lipinski definition) is 3. The Balaban J connectivity index is 1.80. The van der Waals surface area contributed by atoms with Crippen LogP contribution in [0.1, 0.15) is 30.4 Å². The second-order valence-corrected chi connectivity index (χ2v) is 8.19. The molecular formula is C19H23NO3S. The number of benzene rings is 2. The summed E-state index contributed by atoms with van der Waals surface area (Å²) in [6, 6.07) is 15.2. The van der Waals surface area contributed by atoms with E-state index >= 15 is 0 Å². The van der Waals surface area contributed by atoms with E-state index in [1.807, 2.05) is 18.2 Å². The summed E-state index contributed by atoms with van der Waals surface area (Å²) in [4.78, 5) is 0.311. The smallest absolute Gasteiger partial charge is 0.240 e. The monoisotopic (exact) mass is 345 g/mol. The summed E-state index contributed by atoms with van der Waals surface area (Å²) in [6.45, 7) is 2.22. The van der Waals surface area contributed by atoms with Crippen molar-refractivity contribution in [2.45, 2.75) is 36.5 Å². The molecule has 0 radical (unpaired) electrons. The van der Waals surface area contributed by atoms with Gasteiger partial charge in [0, 0.05) is 12.0 Å². The number of aryl methyl sites for hydroxylation is 1. The summed E-state index contributed by atoms with van der Waals surface area (Å²) in [5.74, 6) is 0.659. The van der Waals surface area contributed by atoms with Crippen molar-refractivity contribution >= 4 is 10.0 Å². The molecule has 0 aliphatic heterocycles. The molecule has 1 aliphatic carbocycles. The van der Waals surface area contributed by atoms with Crippen molar-refractivity contribution in [2.75, 3.05) is 13.7 Å². The van der Waals surface area contributed by atoms with Gasteiger partial charge < -0.3 is 4.74 Å². The average Bonchev–Trinajstić information content (AvgIpc) is 2.54. The number of methoxy groups -OCH3 is 1. The van der Waals surface area contributed by atoms with Crippen molar-refractivity contribution in [3.63, 3.8) is 0 Å². The predicted molar refractivity (Wildman–Crippen MR) is 94.9 cm³/mol. The van der Waals surface area contributed by atoms with Gasteiger partial charge in [-0.2, -0.15) is 0 Å². The molecule has 0 spiro atoms. The van der Waals surface area contributed by atoms with E-state index in [-0.39, 0.29) is 5.41 Å². The standard InChI is InChI=1S/C19H23NO3S/c1-15-13-17(23-2)9-10-18(15)24(21,22)20-14-19(11-6-12-19)16-7-4-3-5-8-16/h3-5,7-10,13,20H,6,11-12,14H2,1-2H3. The van der Waals surface area contributed by atoms with Gasteiger partial charge in [0.2, 0.25) is 10.0 Å². The quantitative estimate of drug-likeness (QED) is 0.873. The van der Waals surface area contributed by atoms with Gasteiger partial charge in [0.1, 0.15) is 5.75 Å². The van der Waals surface area contributed by atoms with Crippen molar-refractivity contribution in [1.82, 2.24) is 4.72 Å². The van der Waals surface area contributed by atoms with Crippen LogP contribution in [0.5, 0.6) is 5.75 Å². The van der Waals surface area contributed by atoms with Gasteiger partial charge >= 0.3 is 0 Å². The molecule has 0 amide bonds. The molecule has 24 heavy (non-hydrogen) atoms. The van der Waals surface area contributed by atoms with E-state index in [2.05, 4.69) is 16.9 Å². The summed E-state index contributed by atoms with van der Waals surface area (Å²) in [5.41, 5.74) is 1.82. The zero-order valence-corrected chi connectivity index (χ0v) is 14.9. The molecule has 128 valence electrons. The Kier molecular flexibility index (Phi) is 4.65. The molecule has 1 saturated carbocycles. The van der Waals surface area contributed by atoms with E-state index in [1.165, 1.54) is 5.56 Å². The highest BCUT2D eigenvalue weighted by Gasteiger charge is 2.39. The minimum atomic E-state index is -3.54. The molecule has 4 nitrogen and oxygen atoms in total. The van der Waals surface area contributed by atoms with Gasteiger partial charge in [-0.3, -0.25) is 0 Å². The molecule has 1 N–H and O–H groups in total. The lowest BCUT2D eigenvalue weighted by Crippen LogP contribution is -2.45. The molecule has 0 bridgehead atoms. The minimum Gasteiger partial charge on any atom is -0.497 e. The Hall–Kier alpha value is -1.85. The zero-order valence-electron chi connectivity index (χ0n) is 14.1. The van der Waals surface area contributed by atoms with Crippen LogP contribution in [0.15, 0.2) is 53.4 Å². The second-order valence-electron chi connectivity index (χ2n) is 6.46. The largest absolute Gasteiger partial charge is 0.497 e. The average molecular weight is 345 g/mol. The van der Waals surface area contributed by atoms with E-state index in [4.69, 9.17) is 4.74 Å². The molecule has 1 fully saturated rings. The van der Waals surface area contributed by atoms with Gasteiger partial charge in [-0.05, 0) is 49.1 Å². The first-order valence-corrected chi connectivity index (χ1v) is 9.65. The predicted octanol–water partition coefficient (Wildman–Crippen LogP) is 3.40. The van der Waals surface area contributed by atoms with Crippen molar-refractivity contribution in [1.29, 1.82) is 0 Å². The van der Waals surface area contributed by atoms with Crippen molar-refractivity contribution < 1.29 is 13.2 Å². The number of ether oxygens (including phenoxy) is 1. The first-order chi connectivity index (χ1) is 11.5. The van der Waals surface area contributed by atoms with Gasteiger partial charge in [0.05, 0.1) is 12.0 Å². The third kappa shape index (κ3) is 3.19. The molecular weight excluding hydrogens is 322 g/mol. The van der Waals surface area contributed by atoms with Gasteiger partial charge in [-0.1, -0.05) is 36.8 Å². The Labute approximate surface area is 143 Å². The van der Waals surface area contributed by atoms with Crippen molar-refractivity contribution in [3.8, 4) is 5.75 Å². The Morgan fingerprint density at radius 1 is 1.12 bits per heavy atom. The number of hydrogen-bond donors (Lipinski definition) is 1. The lowest BCUT2D eigenvalue weighted by Gasteiger charge is -2.42. The molecule has 1 aliphatic rings. The van der Waals surface area contributed by atoms with Crippen LogP contribution in [0, 0.1) is 6.92 Å². The third-order valence-electron chi connectivity index (χ3n) is 4.97. The van der Waals surface area contributed by atoms with E-state index < -0.39 is 10.0 Å². The van der Waals surface area contributed by atoms with Crippen LogP contribution in [0.25, 0.3) is 0 Å². The molecule has 0 atom stereocenters. The fourth-order valence-corrected chi connectivity index (χ4v) is 4.68. The fraction of sp³-hybridized carbons (Fsp3) is 0.368. The van der Waals surface area contributed by atoms with Crippen LogP contribution in [0.2, 0.25) is 0 Å². The Morgan fingerprint density at radius 2 is 1.83 bits per heavy atom. The van der Waals surface area contributed by atoms with Crippen LogP contribution in [0.3, 0.4) is 0 Å². The van der Waals surface area contributed by atoms with Gasteiger partial charge in [-0.25, -0.2) is 13.1 Å². The maximum absolute atomic E-state index is 12.7. The molecule has 3 rings (SSSR count). The first-order valence-electron chi connectivity index (χ1n) is 8.17. The van der Waals surface area contributed by atoms with E-state index in [0.29, 0.717) is 22.8 Å². The zero-order chi connectivity index (χ0) is 17.2. The lowest BCUT2D eigenvalue weighted by molar-refractivity contribution is 0.245. The van der Waals surface area contributed by atoms with Gasteiger partial charge in [0.15, 0.2) is 0 Å². The van der Waals surface area contributed by atoms with Crippen LogP contribution >= 0.6 is 0 Å². The molecule has 2 aromatic rings. The highest BCUT2D eigenvalue weighted by atomic mass is 32.2. The second kappa shape index (κ2) is 6.57. The van der Waals surface area contributed by atoms with E-state index in [0.717, 1.165) is 19.3 Å². The van der Waals surface area contributed by atoms with E-state index in [1.54, 1.807) is 32.2 Å². The highest BCUT2D eigenvalue weighted by molar-refractivity contribution is 7.89. The van der Waals surface area contributed by atoms with Crippen LogP contribution < -0.4 is 9.46 Å². The van der Waals surface area contributed by atoms with Gasteiger partial charge in [0.25, 0.3) is 0 Å². The SMILES string of the molecule is COc1ccc(S(=O)(=O)NCC2(c3ccccc3)CCC2)c(C)c1. The topological polar surface area (TPSA) is 55.4 Å². The molecule has 2 aromatic carbocycles. The maximum atomic E-state index is 12.7. The Bertz CT molecular complexity index is 812. The molecule has 5 heteroatoms. The van der Waals surface area contributed by atoms with Gasteiger partial charge in [-0.15, -0.1) is 0 Å². The Morgan fingerprint density at radius 3 is 2.38 bits per heavy atom. The van der Waals surface area contributed by atoms with Crippen molar-refractivity contribution in [3.05, 3.63) is 59.7 Å². The van der Waals surface area contributed by atoms with Crippen LogP contribution in [0.4, 0.5) is 0 Å². The van der Waals surface area contributed by atoms with Crippen LogP contribution in [-0.4, -0.2) is 22.1 Å². The third-order valence-corrected chi connectivity index (χ3v) is 6.53. The summed E-state index contributed by atoms with van der Waals surface area (Å²) >= 11 is 0. The summed E-state index contributed by atoms with van der Waals surface area (Å²) in [5, 5.41) is 0. The normalized spacial score (nSPS) is 16.4. The summed E-state index contributed by atoms with van der Waals surface area (Å²) in [6.07, 6.45) is 3.17. The number of nitrogens with one attached hydrogen (secondary N) is 1. The summed E-state index contributed by atoms with van der Waals surface area (Å²) < 4.78 is 33.4. The lowest BCUT2D eigenvalue weighted by atomic mass is 9.64. The van der Waals surface area contributed by atoms with E-state index in [9.17, 15) is 8.42 Å². The maximum Gasteiger partial charge on any atom is 0.240 e. The fourth-order valence-electron chi connectivity index (χ4n) is 3.32. The summed E-state index contributed by atoms with van der Waals surface area (Å²) in [7, 11) is -1.97. The first kappa shape index (κ1) is 17.0. The minimum absolute atomic E-state index is 0.0747. The molecule has 0 aromatic heterocycles. The molecule has 0 saturated heterocycles. The molecule has 0 unspecified atom stereocenters. The van der Waals surface area contributed by atoms with Crippen LogP contribution in [-0.2, 0) is 15.4 Å².